The standard InChI is InChI=1S/C16H22N4O2S/c1-2-15-18-16(19-22-15)13-4-3-8-20(13)10-14(21)17-7-5-12-6-9-23-11-12/h6,9,11,13H,2-5,7-8,10H2,1H3,(H,17,21)/t13-/m0/s1. The lowest BCUT2D eigenvalue weighted by Gasteiger charge is -2.21. The number of thiophene rings is 1. The summed E-state index contributed by atoms with van der Waals surface area (Å²) < 4.78 is 5.20. The minimum atomic E-state index is 0.0614. The monoisotopic (exact) mass is 334 g/mol. The van der Waals surface area contributed by atoms with Gasteiger partial charge in [0, 0.05) is 13.0 Å². The predicted molar refractivity (Wildman–Crippen MR) is 88.3 cm³/mol. The number of aromatic nitrogens is 2. The number of aryl methyl sites for hydroxylation is 1. The summed E-state index contributed by atoms with van der Waals surface area (Å²) in [5.41, 5.74) is 1.27. The zero-order valence-electron chi connectivity index (χ0n) is 13.3. The lowest BCUT2D eigenvalue weighted by Crippen LogP contribution is -2.38. The minimum absolute atomic E-state index is 0.0614. The number of carbonyl (C=O) groups is 1. The molecule has 2 aromatic rings. The van der Waals surface area contributed by atoms with Crippen LogP contribution in [0.4, 0.5) is 0 Å². The molecule has 1 aliphatic heterocycles. The Kier molecular flexibility index (Phi) is 5.40. The zero-order valence-corrected chi connectivity index (χ0v) is 14.1. The van der Waals surface area contributed by atoms with Crippen LogP contribution in [0.25, 0.3) is 0 Å². The Hall–Kier alpha value is -1.73. The van der Waals surface area contributed by atoms with Crippen LogP contribution in [0, 0.1) is 0 Å². The average molecular weight is 334 g/mol. The molecule has 23 heavy (non-hydrogen) atoms. The Balaban J connectivity index is 1.48. The van der Waals surface area contributed by atoms with Gasteiger partial charge in [0.1, 0.15) is 0 Å². The van der Waals surface area contributed by atoms with Crippen molar-refractivity contribution in [2.24, 2.45) is 0 Å². The molecule has 7 heteroatoms. The number of nitrogens with zero attached hydrogens (tertiary/aromatic N) is 3. The van der Waals surface area contributed by atoms with Gasteiger partial charge in [-0.2, -0.15) is 16.3 Å². The first-order valence-corrected chi connectivity index (χ1v) is 9.05. The summed E-state index contributed by atoms with van der Waals surface area (Å²) in [5.74, 6) is 1.43. The van der Waals surface area contributed by atoms with E-state index in [1.165, 1.54) is 5.56 Å². The maximum absolute atomic E-state index is 12.2. The van der Waals surface area contributed by atoms with Crippen molar-refractivity contribution in [2.45, 2.75) is 38.6 Å². The molecule has 0 unspecified atom stereocenters. The highest BCUT2D eigenvalue weighted by Gasteiger charge is 2.31. The molecule has 1 fully saturated rings. The number of hydrogen-bond donors (Lipinski definition) is 1. The third kappa shape index (κ3) is 4.17. The van der Waals surface area contributed by atoms with Crippen molar-refractivity contribution in [3.63, 3.8) is 0 Å². The van der Waals surface area contributed by atoms with Crippen molar-refractivity contribution < 1.29 is 9.32 Å². The van der Waals surface area contributed by atoms with E-state index in [2.05, 4.69) is 37.2 Å². The van der Waals surface area contributed by atoms with E-state index in [-0.39, 0.29) is 11.9 Å². The topological polar surface area (TPSA) is 71.3 Å². The predicted octanol–water partition coefficient (Wildman–Crippen LogP) is 2.19. The first-order valence-electron chi connectivity index (χ1n) is 8.10. The van der Waals surface area contributed by atoms with E-state index < -0.39 is 0 Å². The fourth-order valence-electron chi connectivity index (χ4n) is 2.88. The van der Waals surface area contributed by atoms with Crippen molar-refractivity contribution in [3.8, 4) is 0 Å². The van der Waals surface area contributed by atoms with E-state index in [1.54, 1.807) is 11.3 Å². The van der Waals surface area contributed by atoms with Gasteiger partial charge in [-0.15, -0.1) is 0 Å². The summed E-state index contributed by atoms with van der Waals surface area (Å²) in [6, 6.07) is 2.19. The van der Waals surface area contributed by atoms with Crippen molar-refractivity contribution >= 4 is 17.2 Å². The van der Waals surface area contributed by atoms with Gasteiger partial charge in [0.05, 0.1) is 12.6 Å². The van der Waals surface area contributed by atoms with Crippen molar-refractivity contribution in [2.75, 3.05) is 19.6 Å². The van der Waals surface area contributed by atoms with E-state index >= 15 is 0 Å². The fourth-order valence-corrected chi connectivity index (χ4v) is 3.58. The van der Waals surface area contributed by atoms with E-state index in [0.29, 0.717) is 24.8 Å². The molecule has 0 bridgehead atoms. The molecule has 3 rings (SSSR count). The quantitative estimate of drug-likeness (QED) is 0.840. The van der Waals surface area contributed by atoms with Gasteiger partial charge in [-0.3, -0.25) is 9.69 Å². The molecule has 3 heterocycles. The molecular formula is C16H22N4O2S. The van der Waals surface area contributed by atoms with E-state index in [0.717, 1.165) is 32.2 Å². The summed E-state index contributed by atoms with van der Waals surface area (Å²) in [4.78, 5) is 18.7. The normalized spacial score (nSPS) is 18.4. The van der Waals surface area contributed by atoms with Crippen LogP contribution in [0.1, 0.15) is 43.1 Å². The Morgan fingerprint density at radius 1 is 1.57 bits per heavy atom. The van der Waals surface area contributed by atoms with Gasteiger partial charge in [0.25, 0.3) is 0 Å². The van der Waals surface area contributed by atoms with Gasteiger partial charge < -0.3 is 9.84 Å². The lowest BCUT2D eigenvalue weighted by molar-refractivity contribution is -0.122. The van der Waals surface area contributed by atoms with Crippen LogP contribution < -0.4 is 5.32 Å². The second-order valence-electron chi connectivity index (χ2n) is 5.76. The summed E-state index contributed by atoms with van der Waals surface area (Å²) in [7, 11) is 0. The summed E-state index contributed by atoms with van der Waals surface area (Å²) in [5, 5.41) is 11.2. The zero-order chi connectivity index (χ0) is 16.1. The van der Waals surface area contributed by atoms with Gasteiger partial charge in [-0.05, 0) is 48.2 Å². The van der Waals surface area contributed by atoms with Crippen molar-refractivity contribution in [1.82, 2.24) is 20.4 Å². The van der Waals surface area contributed by atoms with Crippen LogP contribution in [0.15, 0.2) is 21.3 Å². The molecule has 0 saturated carbocycles. The molecule has 0 spiro atoms. The molecular weight excluding hydrogens is 312 g/mol. The SMILES string of the molecule is CCc1nc([C@@H]2CCCN2CC(=O)NCCc2ccsc2)no1. The Morgan fingerprint density at radius 3 is 3.22 bits per heavy atom. The molecule has 6 nitrogen and oxygen atoms in total. The fraction of sp³-hybridized carbons (Fsp3) is 0.562. The number of hydrogen-bond acceptors (Lipinski definition) is 6. The Labute approximate surface area is 139 Å². The van der Waals surface area contributed by atoms with Gasteiger partial charge in [0.2, 0.25) is 11.8 Å². The number of amides is 1. The first-order chi connectivity index (χ1) is 11.3. The van der Waals surface area contributed by atoms with Crippen LogP contribution in [0.2, 0.25) is 0 Å². The number of nitrogens with one attached hydrogen (secondary N) is 1. The maximum Gasteiger partial charge on any atom is 0.234 e. The van der Waals surface area contributed by atoms with Crippen LogP contribution in [0.5, 0.6) is 0 Å². The molecule has 1 saturated heterocycles. The Bertz CT molecular complexity index is 626. The van der Waals surface area contributed by atoms with Crippen molar-refractivity contribution in [3.05, 3.63) is 34.1 Å². The lowest BCUT2D eigenvalue weighted by atomic mass is 10.2. The van der Waals surface area contributed by atoms with Crippen molar-refractivity contribution in [1.29, 1.82) is 0 Å². The van der Waals surface area contributed by atoms with Gasteiger partial charge in [-0.1, -0.05) is 12.1 Å². The second-order valence-corrected chi connectivity index (χ2v) is 6.54. The molecule has 0 aliphatic carbocycles. The molecule has 1 atom stereocenters. The van der Waals surface area contributed by atoms with Crippen LogP contribution in [-0.4, -0.2) is 40.6 Å². The molecule has 1 aliphatic rings. The molecule has 1 amide bonds. The molecule has 2 aromatic heterocycles. The third-order valence-electron chi connectivity index (χ3n) is 4.11. The molecule has 1 N–H and O–H groups in total. The smallest absolute Gasteiger partial charge is 0.234 e. The van der Waals surface area contributed by atoms with Crippen LogP contribution in [-0.2, 0) is 17.6 Å². The number of likely N-dealkylation sites (tertiary alicyclic amines) is 1. The van der Waals surface area contributed by atoms with Gasteiger partial charge in [0.15, 0.2) is 5.82 Å². The molecule has 0 radical (unpaired) electrons. The maximum atomic E-state index is 12.2. The van der Waals surface area contributed by atoms with Gasteiger partial charge in [-0.25, -0.2) is 0 Å². The summed E-state index contributed by atoms with van der Waals surface area (Å²) >= 11 is 1.68. The van der Waals surface area contributed by atoms with Crippen LogP contribution >= 0.6 is 11.3 Å². The largest absolute Gasteiger partial charge is 0.355 e. The highest BCUT2D eigenvalue weighted by molar-refractivity contribution is 7.07. The third-order valence-corrected chi connectivity index (χ3v) is 4.84. The van der Waals surface area contributed by atoms with E-state index in [9.17, 15) is 4.79 Å². The number of rotatable bonds is 7. The first kappa shape index (κ1) is 16.1. The highest BCUT2D eigenvalue weighted by atomic mass is 32.1. The summed E-state index contributed by atoms with van der Waals surface area (Å²) in [6.07, 6.45) is 3.65. The Morgan fingerprint density at radius 2 is 2.48 bits per heavy atom. The minimum Gasteiger partial charge on any atom is -0.355 e. The second kappa shape index (κ2) is 7.70. The number of carbonyl (C=O) groups excluding carboxylic acids is 1. The summed E-state index contributed by atoms with van der Waals surface area (Å²) in [6.45, 7) is 3.96. The highest BCUT2D eigenvalue weighted by Crippen LogP contribution is 2.29. The average Bonchev–Trinajstić information content (AvgIpc) is 3.28. The van der Waals surface area contributed by atoms with Crippen LogP contribution in [0.3, 0.4) is 0 Å². The van der Waals surface area contributed by atoms with E-state index in [4.69, 9.17) is 4.52 Å². The molecule has 0 aromatic carbocycles. The molecule has 124 valence electrons. The van der Waals surface area contributed by atoms with E-state index in [1.807, 2.05) is 6.92 Å². The van der Waals surface area contributed by atoms with Gasteiger partial charge >= 0.3 is 0 Å².